The summed E-state index contributed by atoms with van der Waals surface area (Å²) in [5.41, 5.74) is 0. The van der Waals surface area contributed by atoms with Crippen molar-refractivity contribution < 1.29 is 9.21 Å². The largest absolute Gasteiger partial charge is 0.461 e. The van der Waals surface area contributed by atoms with Crippen LogP contribution in [0, 0.1) is 0 Å². The number of nitrogens with zero attached hydrogens (tertiary/aromatic N) is 4. The minimum Gasteiger partial charge on any atom is -0.461 e. The molecule has 1 fully saturated rings. The number of nitrogen functional groups attached to an aromatic ring is 1. The highest BCUT2D eigenvalue weighted by Gasteiger charge is 2.27. The van der Waals surface area contributed by atoms with Crippen LogP contribution in [0.1, 0.15) is 39.0 Å². The van der Waals surface area contributed by atoms with E-state index in [1.807, 2.05) is 18.9 Å². The predicted molar refractivity (Wildman–Crippen MR) is 92.8 cm³/mol. The van der Waals surface area contributed by atoms with E-state index in [0.29, 0.717) is 22.8 Å². The molecule has 7 nitrogen and oxygen atoms in total. The van der Waals surface area contributed by atoms with Gasteiger partial charge in [-0.3, -0.25) is 4.79 Å². The zero-order chi connectivity index (χ0) is 17.1. The maximum absolute atomic E-state index is 12.7. The Kier molecular flexibility index (Phi) is 5.13. The lowest BCUT2D eigenvalue weighted by Gasteiger charge is -2.32. The van der Waals surface area contributed by atoms with Gasteiger partial charge in [-0.2, -0.15) is 0 Å². The van der Waals surface area contributed by atoms with Crippen LogP contribution in [0.25, 0.3) is 11.6 Å². The van der Waals surface area contributed by atoms with E-state index in [2.05, 4.69) is 10.2 Å². The fraction of sp³-hybridized carbons (Fsp3) is 0.562. The lowest BCUT2D eigenvalue weighted by atomic mass is 9.94. The molecule has 0 saturated heterocycles. The van der Waals surface area contributed by atoms with E-state index in [9.17, 15) is 4.79 Å². The zero-order valence-corrected chi connectivity index (χ0v) is 14.8. The fourth-order valence-electron chi connectivity index (χ4n) is 3.07. The van der Waals surface area contributed by atoms with Crippen molar-refractivity contribution in [2.24, 2.45) is 0 Å². The lowest BCUT2D eigenvalue weighted by Crippen LogP contribution is -2.42. The van der Waals surface area contributed by atoms with Crippen molar-refractivity contribution in [1.82, 2.24) is 19.8 Å². The molecule has 0 aliphatic heterocycles. The summed E-state index contributed by atoms with van der Waals surface area (Å²) < 4.78 is 6.66. The van der Waals surface area contributed by atoms with Crippen molar-refractivity contribution in [2.45, 2.75) is 55.5 Å². The first kappa shape index (κ1) is 16.9. The van der Waals surface area contributed by atoms with Crippen molar-refractivity contribution in [1.29, 1.82) is 0 Å². The van der Waals surface area contributed by atoms with Crippen molar-refractivity contribution in [3.8, 4) is 11.6 Å². The second kappa shape index (κ2) is 7.29. The van der Waals surface area contributed by atoms with Gasteiger partial charge in [-0.1, -0.05) is 31.0 Å². The lowest BCUT2D eigenvalue weighted by molar-refractivity contribution is -0.131. The van der Waals surface area contributed by atoms with E-state index in [0.717, 1.165) is 12.8 Å². The van der Waals surface area contributed by atoms with Crippen molar-refractivity contribution >= 4 is 17.7 Å². The van der Waals surface area contributed by atoms with Crippen LogP contribution < -0.4 is 5.84 Å². The summed E-state index contributed by atoms with van der Waals surface area (Å²) in [6.07, 6.45) is 7.42. The molecule has 0 bridgehead atoms. The molecule has 1 atom stereocenters. The topological polar surface area (TPSA) is 90.2 Å². The minimum absolute atomic E-state index is 0.106. The molecular formula is C16H23N5O2S. The van der Waals surface area contributed by atoms with Crippen LogP contribution in [0.3, 0.4) is 0 Å². The van der Waals surface area contributed by atoms with Crippen molar-refractivity contribution in [3.05, 3.63) is 18.4 Å². The van der Waals surface area contributed by atoms with Gasteiger partial charge in [0.2, 0.25) is 16.9 Å². The van der Waals surface area contributed by atoms with E-state index in [1.54, 1.807) is 18.4 Å². The Labute approximate surface area is 145 Å². The van der Waals surface area contributed by atoms with Gasteiger partial charge in [0, 0.05) is 13.1 Å². The average Bonchev–Trinajstić information content (AvgIpc) is 3.25. The van der Waals surface area contributed by atoms with Gasteiger partial charge in [0.25, 0.3) is 0 Å². The van der Waals surface area contributed by atoms with Crippen LogP contribution >= 0.6 is 11.8 Å². The number of furan rings is 1. The fourth-order valence-corrected chi connectivity index (χ4v) is 3.95. The normalized spacial score (nSPS) is 16.9. The molecule has 1 aliphatic carbocycles. The first-order valence-corrected chi connectivity index (χ1v) is 9.13. The summed E-state index contributed by atoms with van der Waals surface area (Å²) in [5.74, 6) is 7.15. The maximum Gasteiger partial charge on any atom is 0.235 e. The Morgan fingerprint density at radius 3 is 2.83 bits per heavy atom. The Balaban J connectivity index is 1.66. The summed E-state index contributed by atoms with van der Waals surface area (Å²) in [6.45, 7) is 1.88. The van der Waals surface area contributed by atoms with Gasteiger partial charge in [0.05, 0.1) is 11.5 Å². The number of hydrogen-bond donors (Lipinski definition) is 1. The monoisotopic (exact) mass is 349 g/mol. The Bertz CT molecular complexity index is 679. The summed E-state index contributed by atoms with van der Waals surface area (Å²) >= 11 is 1.32. The number of carbonyl (C=O) groups is 1. The van der Waals surface area contributed by atoms with Crippen molar-refractivity contribution in [3.63, 3.8) is 0 Å². The van der Waals surface area contributed by atoms with E-state index in [1.165, 1.54) is 35.7 Å². The molecule has 1 aliphatic rings. The molecule has 2 aromatic rings. The first-order chi connectivity index (χ1) is 11.6. The second-order valence-electron chi connectivity index (χ2n) is 6.15. The zero-order valence-electron chi connectivity index (χ0n) is 14.0. The van der Waals surface area contributed by atoms with Crippen LogP contribution in [-0.2, 0) is 4.79 Å². The molecule has 1 unspecified atom stereocenters. The molecule has 2 N–H and O–H groups in total. The van der Waals surface area contributed by atoms with Gasteiger partial charge in [0.15, 0.2) is 5.76 Å². The number of amides is 1. The van der Waals surface area contributed by atoms with Crippen LogP contribution in [-0.4, -0.2) is 44.0 Å². The molecule has 130 valence electrons. The number of carbonyl (C=O) groups excluding carboxylic acids is 1. The van der Waals surface area contributed by atoms with E-state index < -0.39 is 0 Å². The van der Waals surface area contributed by atoms with Gasteiger partial charge in [-0.25, -0.2) is 4.68 Å². The molecule has 1 saturated carbocycles. The molecule has 0 radical (unpaired) electrons. The first-order valence-electron chi connectivity index (χ1n) is 8.25. The number of hydrogen-bond acceptors (Lipinski definition) is 6. The highest BCUT2D eigenvalue weighted by molar-refractivity contribution is 8.00. The third kappa shape index (κ3) is 3.43. The highest BCUT2D eigenvalue weighted by atomic mass is 32.2. The highest BCUT2D eigenvalue weighted by Crippen LogP contribution is 2.28. The molecule has 24 heavy (non-hydrogen) atoms. The standard InChI is InChI=1S/C16H23N5O2S/c1-11(15(22)20(2)12-7-4-3-5-8-12)24-16-19-18-14(21(16)17)13-9-6-10-23-13/h6,9-12H,3-5,7-8,17H2,1-2H3. The van der Waals surface area contributed by atoms with E-state index in [4.69, 9.17) is 10.3 Å². The molecule has 1 amide bonds. The molecule has 2 heterocycles. The average molecular weight is 349 g/mol. The third-order valence-corrected chi connectivity index (χ3v) is 5.55. The quantitative estimate of drug-likeness (QED) is 0.659. The van der Waals surface area contributed by atoms with Crippen LogP contribution in [0.15, 0.2) is 28.0 Å². The molecule has 0 spiro atoms. The summed E-state index contributed by atoms with van der Waals surface area (Å²) in [4.78, 5) is 14.6. The van der Waals surface area contributed by atoms with Crippen LogP contribution in [0.2, 0.25) is 0 Å². The SMILES string of the molecule is CC(Sc1nnc(-c2ccco2)n1N)C(=O)N(C)C1CCCCC1. The van der Waals surface area contributed by atoms with Gasteiger partial charge in [-0.15, -0.1) is 10.2 Å². The van der Waals surface area contributed by atoms with Crippen LogP contribution in [0.5, 0.6) is 0 Å². The maximum atomic E-state index is 12.7. The molecule has 3 rings (SSSR count). The third-order valence-electron chi connectivity index (χ3n) is 4.51. The van der Waals surface area contributed by atoms with Gasteiger partial charge >= 0.3 is 0 Å². The number of nitrogens with two attached hydrogens (primary N) is 1. The van der Waals surface area contributed by atoms with Crippen molar-refractivity contribution in [2.75, 3.05) is 12.9 Å². The summed E-state index contributed by atoms with van der Waals surface area (Å²) in [7, 11) is 1.90. The Morgan fingerprint density at radius 2 is 2.17 bits per heavy atom. The number of rotatable bonds is 5. The molecular weight excluding hydrogens is 326 g/mol. The molecule has 2 aromatic heterocycles. The minimum atomic E-state index is -0.270. The predicted octanol–water partition coefficient (Wildman–Crippen LogP) is 2.52. The van der Waals surface area contributed by atoms with Gasteiger partial charge < -0.3 is 15.2 Å². The summed E-state index contributed by atoms with van der Waals surface area (Å²) in [6, 6.07) is 3.89. The molecule has 8 heteroatoms. The Hall–Kier alpha value is -1.96. The van der Waals surface area contributed by atoms with Gasteiger partial charge in [0.1, 0.15) is 0 Å². The Morgan fingerprint density at radius 1 is 1.42 bits per heavy atom. The number of thioether (sulfide) groups is 1. The number of aromatic nitrogens is 3. The molecule has 0 aromatic carbocycles. The van der Waals surface area contributed by atoms with E-state index in [-0.39, 0.29) is 11.2 Å². The second-order valence-corrected chi connectivity index (χ2v) is 7.46. The van der Waals surface area contributed by atoms with Crippen LogP contribution in [0.4, 0.5) is 0 Å². The smallest absolute Gasteiger partial charge is 0.235 e. The summed E-state index contributed by atoms with van der Waals surface area (Å²) in [5, 5.41) is 8.37. The van der Waals surface area contributed by atoms with Gasteiger partial charge in [-0.05, 0) is 31.9 Å². The van der Waals surface area contributed by atoms with E-state index >= 15 is 0 Å².